The maximum Gasteiger partial charge on any atom is 0.339 e. The Kier molecular flexibility index (Phi) is 4.42. The molecule has 0 aromatic heterocycles. The van der Waals surface area contributed by atoms with Crippen LogP contribution in [0.4, 0.5) is 10.5 Å². The van der Waals surface area contributed by atoms with Crippen molar-refractivity contribution in [2.75, 3.05) is 19.0 Å². The van der Waals surface area contributed by atoms with Gasteiger partial charge in [0.2, 0.25) is 5.91 Å². The second-order valence-electron chi connectivity index (χ2n) is 4.72. The number of rotatable bonds is 3. The fourth-order valence-electron chi connectivity index (χ4n) is 2.37. The van der Waals surface area contributed by atoms with Crippen LogP contribution in [0.1, 0.15) is 23.2 Å². The second-order valence-corrected chi connectivity index (χ2v) is 4.72. The number of benzene rings is 1. The number of nitrogens with two attached hydrogens (primary N) is 1. The van der Waals surface area contributed by atoms with Crippen molar-refractivity contribution >= 4 is 23.6 Å². The summed E-state index contributed by atoms with van der Waals surface area (Å²) in [6, 6.07) is 5.46. The first-order valence-electron chi connectivity index (χ1n) is 6.59. The predicted octanol–water partition coefficient (Wildman–Crippen LogP) is 0.955. The summed E-state index contributed by atoms with van der Waals surface area (Å²) in [5, 5.41) is 2.63. The molecule has 0 bridgehead atoms. The van der Waals surface area contributed by atoms with Crippen LogP contribution in [-0.2, 0) is 9.53 Å². The van der Waals surface area contributed by atoms with Crippen molar-refractivity contribution in [2.24, 2.45) is 5.73 Å². The first-order chi connectivity index (χ1) is 10.0. The molecule has 3 amide bonds. The lowest BCUT2D eigenvalue weighted by Crippen LogP contribution is -2.45. The number of nitrogens with zero attached hydrogens (tertiary/aromatic N) is 1. The van der Waals surface area contributed by atoms with Crippen molar-refractivity contribution in [2.45, 2.75) is 18.9 Å². The number of para-hydroxylation sites is 1. The summed E-state index contributed by atoms with van der Waals surface area (Å²) in [7, 11) is 1.27. The van der Waals surface area contributed by atoms with E-state index in [1.807, 2.05) is 0 Å². The maximum atomic E-state index is 12.2. The number of methoxy groups -OCH3 is 1. The van der Waals surface area contributed by atoms with Crippen LogP contribution >= 0.6 is 0 Å². The number of ether oxygens (including phenoxy) is 1. The highest BCUT2D eigenvalue weighted by Gasteiger charge is 2.33. The van der Waals surface area contributed by atoms with Crippen molar-refractivity contribution in [1.29, 1.82) is 0 Å². The molecule has 1 aromatic rings. The van der Waals surface area contributed by atoms with Crippen LogP contribution in [0.2, 0.25) is 0 Å². The largest absolute Gasteiger partial charge is 0.465 e. The summed E-state index contributed by atoms with van der Waals surface area (Å²) in [6.07, 6.45) is 1.28. The van der Waals surface area contributed by atoms with E-state index in [9.17, 15) is 14.4 Å². The summed E-state index contributed by atoms with van der Waals surface area (Å²) in [6.45, 7) is 0.458. The summed E-state index contributed by atoms with van der Waals surface area (Å²) in [5.41, 5.74) is 5.87. The van der Waals surface area contributed by atoms with Crippen LogP contribution in [0, 0.1) is 0 Å². The van der Waals surface area contributed by atoms with Gasteiger partial charge in [-0.05, 0) is 25.0 Å². The van der Waals surface area contributed by atoms with Crippen molar-refractivity contribution in [3.63, 3.8) is 0 Å². The smallest absolute Gasteiger partial charge is 0.339 e. The Morgan fingerprint density at radius 2 is 2.05 bits per heavy atom. The summed E-state index contributed by atoms with van der Waals surface area (Å²) in [5.74, 6) is -1.07. The number of hydrogen-bond acceptors (Lipinski definition) is 4. The third kappa shape index (κ3) is 3.13. The number of amides is 3. The van der Waals surface area contributed by atoms with Gasteiger partial charge in [-0.25, -0.2) is 9.59 Å². The number of nitrogens with one attached hydrogen (secondary N) is 1. The fourth-order valence-corrected chi connectivity index (χ4v) is 2.37. The second kappa shape index (κ2) is 6.25. The minimum absolute atomic E-state index is 0.253. The molecule has 112 valence electrons. The number of hydrogen-bond donors (Lipinski definition) is 2. The topological polar surface area (TPSA) is 102 Å². The molecule has 1 fully saturated rings. The highest BCUT2D eigenvalue weighted by atomic mass is 16.5. The molecular formula is C14H17N3O4. The van der Waals surface area contributed by atoms with Crippen LogP contribution in [0.15, 0.2) is 24.3 Å². The highest BCUT2D eigenvalue weighted by Crippen LogP contribution is 2.21. The molecule has 1 heterocycles. The van der Waals surface area contributed by atoms with Gasteiger partial charge in [-0.3, -0.25) is 4.79 Å². The number of carbonyl (C=O) groups excluding carboxylic acids is 3. The molecular weight excluding hydrogens is 274 g/mol. The van der Waals surface area contributed by atoms with Crippen LogP contribution in [-0.4, -0.2) is 42.5 Å². The van der Waals surface area contributed by atoms with E-state index < -0.39 is 23.9 Å². The van der Waals surface area contributed by atoms with E-state index in [1.165, 1.54) is 12.0 Å². The summed E-state index contributed by atoms with van der Waals surface area (Å²) < 4.78 is 4.67. The highest BCUT2D eigenvalue weighted by molar-refractivity contribution is 6.01. The average molecular weight is 291 g/mol. The molecule has 0 unspecified atom stereocenters. The van der Waals surface area contributed by atoms with Crippen molar-refractivity contribution < 1.29 is 19.1 Å². The standard InChI is InChI=1S/C14H17N3O4/c1-21-13(19)9-5-2-3-6-10(9)16-14(20)17-8-4-7-11(17)12(15)18/h2-3,5-6,11H,4,7-8H2,1H3,(H2,15,18)(H,16,20)/t11-/m0/s1. The monoisotopic (exact) mass is 291 g/mol. The van der Waals surface area contributed by atoms with Crippen molar-refractivity contribution in [3.8, 4) is 0 Å². The van der Waals surface area contributed by atoms with Gasteiger partial charge in [0.05, 0.1) is 18.4 Å². The molecule has 0 spiro atoms. The lowest BCUT2D eigenvalue weighted by Gasteiger charge is -2.23. The van der Waals surface area contributed by atoms with E-state index in [4.69, 9.17) is 5.73 Å². The average Bonchev–Trinajstić information content (AvgIpc) is 2.96. The molecule has 7 nitrogen and oxygen atoms in total. The zero-order chi connectivity index (χ0) is 15.4. The molecule has 7 heteroatoms. The van der Waals surface area contributed by atoms with Gasteiger partial charge in [-0.2, -0.15) is 0 Å². The quantitative estimate of drug-likeness (QED) is 0.809. The molecule has 0 radical (unpaired) electrons. The first kappa shape index (κ1) is 14.8. The van der Waals surface area contributed by atoms with E-state index >= 15 is 0 Å². The number of urea groups is 1. The zero-order valence-electron chi connectivity index (χ0n) is 11.7. The van der Waals surface area contributed by atoms with Gasteiger partial charge in [0.15, 0.2) is 0 Å². The Bertz CT molecular complexity index is 573. The van der Waals surface area contributed by atoms with Crippen molar-refractivity contribution in [3.05, 3.63) is 29.8 Å². The molecule has 0 aliphatic carbocycles. The van der Waals surface area contributed by atoms with E-state index in [2.05, 4.69) is 10.1 Å². The number of anilines is 1. The van der Waals surface area contributed by atoms with Crippen LogP contribution in [0.5, 0.6) is 0 Å². The van der Waals surface area contributed by atoms with E-state index in [0.29, 0.717) is 18.7 Å². The third-order valence-corrected chi connectivity index (χ3v) is 3.42. The SMILES string of the molecule is COC(=O)c1ccccc1NC(=O)N1CCC[C@H]1C(N)=O. The minimum atomic E-state index is -0.602. The Labute approximate surface area is 122 Å². The molecule has 1 aliphatic rings. The summed E-state index contributed by atoms with van der Waals surface area (Å²) in [4.78, 5) is 36.6. The molecule has 3 N–H and O–H groups in total. The van der Waals surface area contributed by atoms with Gasteiger partial charge >= 0.3 is 12.0 Å². The van der Waals surface area contributed by atoms with Crippen LogP contribution in [0.3, 0.4) is 0 Å². The van der Waals surface area contributed by atoms with Gasteiger partial charge in [0.25, 0.3) is 0 Å². The third-order valence-electron chi connectivity index (χ3n) is 3.42. The molecule has 1 atom stereocenters. The van der Waals surface area contributed by atoms with E-state index in [1.54, 1.807) is 24.3 Å². The van der Waals surface area contributed by atoms with Crippen LogP contribution < -0.4 is 11.1 Å². The van der Waals surface area contributed by atoms with Gasteiger partial charge < -0.3 is 20.7 Å². The normalized spacial score (nSPS) is 17.4. The molecule has 1 saturated heterocycles. The molecule has 21 heavy (non-hydrogen) atoms. The molecule has 0 saturated carbocycles. The Morgan fingerprint density at radius 3 is 2.71 bits per heavy atom. The molecule has 2 rings (SSSR count). The number of primary amides is 1. The van der Waals surface area contributed by atoms with E-state index in [0.717, 1.165) is 6.42 Å². The molecule has 1 aromatic carbocycles. The first-order valence-corrected chi connectivity index (χ1v) is 6.59. The molecule has 1 aliphatic heterocycles. The van der Waals surface area contributed by atoms with Gasteiger partial charge in [-0.1, -0.05) is 12.1 Å². The van der Waals surface area contributed by atoms with Crippen LogP contribution in [0.25, 0.3) is 0 Å². The maximum absolute atomic E-state index is 12.2. The lowest BCUT2D eigenvalue weighted by molar-refractivity contribution is -0.121. The van der Waals surface area contributed by atoms with Gasteiger partial charge in [-0.15, -0.1) is 0 Å². The minimum Gasteiger partial charge on any atom is -0.465 e. The lowest BCUT2D eigenvalue weighted by atomic mass is 10.2. The number of likely N-dealkylation sites (tertiary alicyclic amines) is 1. The van der Waals surface area contributed by atoms with Gasteiger partial charge in [0, 0.05) is 6.54 Å². The van der Waals surface area contributed by atoms with Crippen molar-refractivity contribution in [1.82, 2.24) is 4.90 Å². The van der Waals surface area contributed by atoms with Gasteiger partial charge in [0.1, 0.15) is 6.04 Å². The Morgan fingerprint density at radius 1 is 1.33 bits per heavy atom. The number of esters is 1. The Balaban J connectivity index is 2.17. The Hall–Kier alpha value is -2.57. The van der Waals surface area contributed by atoms with E-state index in [-0.39, 0.29) is 5.56 Å². The predicted molar refractivity (Wildman–Crippen MR) is 75.7 cm³/mol. The summed E-state index contributed by atoms with van der Waals surface area (Å²) >= 11 is 0. The number of carbonyl (C=O) groups is 3. The zero-order valence-corrected chi connectivity index (χ0v) is 11.7. The fraction of sp³-hybridized carbons (Fsp3) is 0.357.